The molecule has 2 rings (SSSR count). The molecule has 5 nitrogen and oxygen atoms in total. The van der Waals surface area contributed by atoms with Gasteiger partial charge in [0.05, 0.1) is 0 Å². The minimum Gasteiger partial charge on any atom is -0.504 e. The summed E-state index contributed by atoms with van der Waals surface area (Å²) in [7, 11) is 0. The van der Waals surface area contributed by atoms with Crippen LogP contribution in [0.2, 0.25) is 0 Å². The van der Waals surface area contributed by atoms with Crippen LogP contribution >= 0.6 is 0 Å². The first-order valence-corrected chi connectivity index (χ1v) is 5.71. The Hall–Kier alpha value is -2.62. The van der Waals surface area contributed by atoms with Gasteiger partial charge in [-0.3, -0.25) is 0 Å². The van der Waals surface area contributed by atoms with E-state index in [9.17, 15) is 10.2 Å². The lowest BCUT2D eigenvalue weighted by atomic mass is 10.0. The van der Waals surface area contributed by atoms with Gasteiger partial charge < -0.3 is 15.7 Å². The molecule has 0 unspecified atom stereocenters. The number of hydrogen-bond acceptors (Lipinski definition) is 4. The van der Waals surface area contributed by atoms with Crippen molar-refractivity contribution in [3.63, 3.8) is 0 Å². The third-order valence-electron chi connectivity index (χ3n) is 2.59. The molecule has 0 amide bonds. The van der Waals surface area contributed by atoms with Crippen molar-refractivity contribution in [2.75, 3.05) is 0 Å². The van der Waals surface area contributed by atoms with Crippen molar-refractivity contribution in [2.45, 2.75) is 12.8 Å². The topological polar surface area (TPSA) is 106 Å². The number of phenols is 2. The smallest absolute Gasteiger partial charge is 0.373 e. The fourth-order valence-electron chi connectivity index (χ4n) is 1.66. The van der Waals surface area contributed by atoms with Crippen molar-refractivity contribution in [3.05, 3.63) is 59.7 Å². The third-order valence-corrected chi connectivity index (χ3v) is 2.59. The SMILES string of the molecule is O.O=C=O.Oc1ccc(CCc2ccccc2)cc1O. The second-order valence-corrected chi connectivity index (χ2v) is 3.89. The zero-order valence-corrected chi connectivity index (χ0v) is 10.7. The van der Waals surface area contributed by atoms with Crippen molar-refractivity contribution in [1.29, 1.82) is 0 Å². The number of rotatable bonds is 3. The summed E-state index contributed by atoms with van der Waals surface area (Å²) in [6.45, 7) is 0. The van der Waals surface area contributed by atoms with Crippen molar-refractivity contribution in [1.82, 2.24) is 0 Å². The quantitative estimate of drug-likeness (QED) is 0.828. The van der Waals surface area contributed by atoms with Crippen LogP contribution in [0.3, 0.4) is 0 Å². The first kappa shape index (κ1) is 17.4. The molecular formula is C15H16O5. The molecule has 0 heterocycles. The molecule has 0 aromatic heterocycles. The van der Waals surface area contributed by atoms with Gasteiger partial charge in [-0.1, -0.05) is 36.4 Å². The van der Waals surface area contributed by atoms with Crippen LogP contribution in [0.5, 0.6) is 11.5 Å². The largest absolute Gasteiger partial charge is 0.504 e. The molecule has 106 valence electrons. The molecule has 0 aliphatic rings. The normalized spacial score (nSPS) is 8.60. The molecular weight excluding hydrogens is 260 g/mol. The number of aryl methyl sites for hydroxylation is 2. The Labute approximate surface area is 116 Å². The van der Waals surface area contributed by atoms with Crippen molar-refractivity contribution in [3.8, 4) is 11.5 Å². The van der Waals surface area contributed by atoms with Crippen molar-refractivity contribution in [2.24, 2.45) is 0 Å². The van der Waals surface area contributed by atoms with Gasteiger partial charge in [-0.2, -0.15) is 9.59 Å². The van der Waals surface area contributed by atoms with E-state index in [0.717, 1.165) is 18.4 Å². The summed E-state index contributed by atoms with van der Waals surface area (Å²) in [6.07, 6.45) is 2.04. The molecule has 0 spiro atoms. The third kappa shape index (κ3) is 5.82. The fourth-order valence-corrected chi connectivity index (χ4v) is 1.66. The molecule has 2 aromatic carbocycles. The van der Waals surface area contributed by atoms with Crippen LogP contribution < -0.4 is 0 Å². The Morgan fingerprint density at radius 1 is 0.800 bits per heavy atom. The number of phenolic OH excluding ortho intramolecular Hbond substituents is 2. The zero-order chi connectivity index (χ0) is 14.1. The van der Waals surface area contributed by atoms with Crippen LogP contribution in [-0.4, -0.2) is 21.8 Å². The van der Waals surface area contributed by atoms with Crippen LogP contribution in [0.25, 0.3) is 0 Å². The summed E-state index contributed by atoms with van der Waals surface area (Å²) >= 11 is 0. The summed E-state index contributed by atoms with van der Waals surface area (Å²) in [5.41, 5.74) is 2.30. The predicted molar refractivity (Wildman–Crippen MR) is 72.2 cm³/mol. The van der Waals surface area contributed by atoms with E-state index >= 15 is 0 Å². The maximum atomic E-state index is 9.35. The number of hydrogen-bond donors (Lipinski definition) is 2. The lowest BCUT2D eigenvalue weighted by Crippen LogP contribution is -1.90. The van der Waals surface area contributed by atoms with Gasteiger partial charge in [0.15, 0.2) is 11.5 Å². The second kappa shape index (κ2) is 9.33. The Morgan fingerprint density at radius 3 is 1.90 bits per heavy atom. The van der Waals surface area contributed by atoms with Crippen LogP contribution in [0, 0.1) is 0 Å². The minimum absolute atomic E-state index is 0. The summed E-state index contributed by atoms with van der Waals surface area (Å²) in [5.74, 6) is -0.117. The average Bonchev–Trinajstić information content (AvgIpc) is 2.42. The Kier molecular flexibility index (Phi) is 8.11. The lowest BCUT2D eigenvalue weighted by Gasteiger charge is -2.03. The van der Waals surface area contributed by atoms with E-state index < -0.39 is 0 Å². The van der Waals surface area contributed by atoms with Gasteiger partial charge in [-0.25, -0.2) is 0 Å². The number of aromatic hydroxyl groups is 2. The van der Waals surface area contributed by atoms with E-state index in [1.807, 2.05) is 24.3 Å². The van der Waals surface area contributed by atoms with Gasteiger partial charge in [0, 0.05) is 0 Å². The first-order chi connectivity index (χ1) is 9.17. The molecule has 0 aliphatic carbocycles. The molecule has 20 heavy (non-hydrogen) atoms. The summed E-state index contributed by atoms with van der Waals surface area (Å²) in [4.78, 5) is 16.2. The van der Waals surface area contributed by atoms with Gasteiger partial charge in [-0.15, -0.1) is 0 Å². The highest BCUT2D eigenvalue weighted by molar-refractivity contribution is 5.40. The van der Waals surface area contributed by atoms with E-state index in [0.29, 0.717) is 0 Å². The van der Waals surface area contributed by atoms with Crippen molar-refractivity contribution >= 4 is 6.15 Å². The molecule has 0 radical (unpaired) electrons. The Bertz CT molecular complexity index is 545. The maximum absolute atomic E-state index is 9.35. The summed E-state index contributed by atoms with van der Waals surface area (Å²) in [6, 6.07) is 15.2. The van der Waals surface area contributed by atoms with E-state index in [2.05, 4.69) is 12.1 Å². The van der Waals surface area contributed by atoms with E-state index in [4.69, 9.17) is 9.59 Å². The zero-order valence-electron chi connectivity index (χ0n) is 10.7. The highest BCUT2D eigenvalue weighted by Crippen LogP contribution is 2.25. The highest BCUT2D eigenvalue weighted by atomic mass is 16.3. The molecule has 0 bridgehead atoms. The van der Waals surface area contributed by atoms with Crippen LogP contribution in [0.1, 0.15) is 11.1 Å². The highest BCUT2D eigenvalue weighted by Gasteiger charge is 2.00. The summed E-state index contributed by atoms with van der Waals surface area (Å²) < 4.78 is 0. The van der Waals surface area contributed by atoms with E-state index in [1.165, 1.54) is 11.6 Å². The number of benzene rings is 2. The second-order valence-electron chi connectivity index (χ2n) is 3.89. The van der Waals surface area contributed by atoms with Crippen molar-refractivity contribution < 1.29 is 25.3 Å². The maximum Gasteiger partial charge on any atom is 0.373 e. The monoisotopic (exact) mass is 276 g/mol. The van der Waals surface area contributed by atoms with E-state index in [1.54, 1.807) is 6.07 Å². The lowest BCUT2D eigenvalue weighted by molar-refractivity contribution is -0.191. The van der Waals surface area contributed by atoms with E-state index in [-0.39, 0.29) is 23.1 Å². The average molecular weight is 276 g/mol. The van der Waals surface area contributed by atoms with Crippen LogP contribution in [0.4, 0.5) is 0 Å². The molecule has 0 atom stereocenters. The van der Waals surface area contributed by atoms with Gasteiger partial charge in [0.1, 0.15) is 0 Å². The van der Waals surface area contributed by atoms with Gasteiger partial charge >= 0.3 is 6.15 Å². The van der Waals surface area contributed by atoms with Crippen LogP contribution in [-0.2, 0) is 22.4 Å². The molecule has 2 aromatic rings. The van der Waals surface area contributed by atoms with Gasteiger partial charge in [0.25, 0.3) is 0 Å². The molecule has 0 saturated carbocycles. The fraction of sp³-hybridized carbons (Fsp3) is 0.133. The molecule has 4 N–H and O–H groups in total. The standard InChI is InChI=1S/C14H14O2.CO2.H2O/c15-13-9-8-12(10-14(13)16)7-6-11-4-2-1-3-5-11;2-1-3;/h1-5,8-10,15-16H,6-7H2;;1H2. The molecule has 0 saturated heterocycles. The predicted octanol–water partition coefficient (Wildman–Crippen LogP) is 1.47. The Balaban J connectivity index is 0.000000830. The molecule has 5 heteroatoms. The van der Waals surface area contributed by atoms with Gasteiger partial charge in [0.2, 0.25) is 0 Å². The first-order valence-electron chi connectivity index (χ1n) is 5.71. The molecule has 0 fully saturated rings. The van der Waals surface area contributed by atoms with Crippen LogP contribution in [0.15, 0.2) is 48.5 Å². The Morgan fingerprint density at radius 2 is 1.35 bits per heavy atom. The van der Waals surface area contributed by atoms with Gasteiger partial charge in [-0.05, 0) is 36.1 Å². The summed E-state index contributed by atoms with van der Waals surface area (Å²) in [5, 5.41) is 18.5. The molecule has 0 aliphatic heterocycles. The minimum atomic E-state index is -0.0662. The number of carbonyl (C=O) groups excluding carboxylic acids is 2.